The lowest BCUT2D eigenvalue weighted by atomic mass is 10.2. The summed E-state index contributed by atoms with van der Waals surface area (Å²) >= 11 is 12.2. The number of hydrogen-bond acceptors (Lipinski definition) is 3. The van der Waals surface area contributed by atoms with Crippen LogP contribution in [0.5, 0.6) is 0 Å². The van der Waals surface area contributed by atoms with Crippen LogP contribution < -0.4 is 0 Å². The van der Waals surface area contributed by atoms with Gasteiger partial charge < -0.3 is 9.80 Å². The predicted octanol–water partition coefficient (Wildman–Crippen LogP) is 2.73. The number of carbonyl (C=O) groups excluding carboxylic acids is 1. The van der Waals surface area contributed by atoms with Gasteiger partial charge >= 0.3 is 0 Å². The van der Waals surface area contributed by atoms with Crippen LogP contribution in [0.1, 0.15) is 23.1 Å². The zero-order valence-electron chi connectivity index (χ0n) is 12.6. The van der Waals surface area contributed by atoms with Crippen molar-refractivity contribution in [3.63, 3.8) is 0 Å². The normalized spacial score (nSPS) is 16.5. The van der Waals surface area contributed by atoms with Gasteiger partial charge in [-0.2, -0.15) is 0 Å². The Kier molecular flexibility index (Phi) is 4.30. The van der Waals surface area contributed by atoms with E-state index in [1.165, 1.54) is 0 Å². The lowest BCUT2D eigenvalue weighted by molar-refractivity contribution is 0.0636. The third kappa shape index (κ3) is 2.69. The van der Waals surface area contributed by atoms with Crippen molar-refractivity contribution in [1.29, 1.82) is 0 Å². The SMILES string of the molecule is CCN1CCN(C(=O)c2c(C)nc3c(Cl)cc(Cl)cn23)CC1. The molecule has 118 valence electrons. The molecule has 5 nitrogen and oxygen atoms in total. The molecule has 0 bridgehead atoms. The van der Waals surface area contributed by atoms with E-state index in [1.807, 2.05) is 11.8 Å². The number of carbonyl (C=O) groups is 1. The molecule has 1 amide bonds. The van der Waals surface area contributed by atoms with Gasteiger partial charge in [0.2, 0.25) is 0 Å². The Labute approximate surface area is 139 Å². The van der Waals surface area contributed by atoms with Crippen molar-refractivity contribution in [2.75, 3.05) is 32.7 Å². The number of halogens is 2. The fourth-order valence-electron chi connectivity index (χ4n) is 2.86. The van der Waals surface area contributed by atoms with E-state index in [2.05, 4.69) is 16.8 Å². The van der Waals surface area contributed by atoms with Gasteiger partial charge in [-0.3, -0.25) is 9.20 Å². The molecule has 0 radical (unpaired) electrons. The van der Waals surface area contributed by atoms with Crippen molar-refractivity contribution < 1.29 is 4.79 Å². The van der Waals surface area contributed by atoms with Crippen molar-refractivity contribution in [3.05, 3.63) is 33.7 Å². The predicted molar refractivity (Wildman–Crippen MR) is 88.0 cm³/mol. The van der Waals surface area contributed by atoms with E-state index in [1.54, 1.807) is 16.7 Å². The van der Waals surface area contributed by atoms with Crippen molar-refractivity contribution in [2.24, 2.45) is 0 Å². The summed E-state index contributed by atoms with van der Waals surface area (Å²) in [6, 6.07) is 1.64. The number of amides is 1. The van der Waals surface area contributed by atoms with Crippen molar-refractivity contribution >= 4 is 34.8 Å². The molecule has 0 N–H and O–H groups in total. The molecule has 0 atom stereocenters. The van der Waals surface area contributed by atoms with E-state index in [4.69, 9.17) is 23.2 Å². The Bertz CT molecular complexity index is 720. The molecule has 1 aliphatic rings. The minimum absolute atomic E-state index is 0.0147. The molecule has 3 heterocycles. The van der Waals surface area contributed by atoms with Gasteiger partial charge in [0, 0.05) is 32.4 Å². The maximum absolute atomic E-state index is 12.9. The second-order valence-electron chi connectivity index (χ2n) is 5.47. The number of hydrogen-bond donors (Lipinski definition) is 0. The minimum atomic E-state index is -0.0147. The van der Waals surface area contributed by atoms with E-state index < -0.39 is 0 Å². The summed E-state index contributed by atoms with van der Waals surface area (Å²) in [7, 11) is 0. The van der Waals surface area contributed by atoms with Gasteiger partial charge in [0.25, 0.3) is 5.91 Å². The Morgan fingerprint density at radius 1 is 1.27 bits per heavy atom. The first-order chi connectivity index (χ1) is 10.5. The van der Waals surface area contributed by atoms with Crippen LogP contribution in [0.3, 0.4) is 0 Å². The number of pyridine rings is 1. The quantitative estimate of drug-likeness (QED) is 0.843. The average molecular weight is 341 g/mol. The third-order valence-electron chi connectivity index (χ3n) is 4.13. The first kappa shape index (κ1) is 15.6. The number of aryl methyl sites for hydroxylation is 1. The number of aromatic nitrogens is 2. The van der Waals surface area contributed by atoms with Crippen molar-refractivity contribution in [2.45, 2.75) is 13.8 Å². The Morgan fingerprint density at radius 3 is 2.59 bits per heavy atom. The highest BCUT2D eigenvalue weighted by atomic mass is 35.5. The van der Waals surface area contributed by atoms with Crippen molar-refractivity contribution in [1.82, 2.24) is 19.2 Å². The Balaban J connectivity index is 1.96. The van der Waals surface area contributed by atoms with Gasteiger partial charge in [0.1, 0.15) is 5.69 Å². The zero-order valence-corrected chi connectivity index (χ0v) is 14.2. The topological polar surface area (TPSA) is 40.8 Å². The first-order valence-corrected chi connectivity index (χ1v) is 8.12. The van der Waals surface area contributed by atoms with Crippen LogP contribution in [0.2, 0.25) is 10.0 Å². The molecule has 0 saturated carbocycles. The second kappa shape index (κ2) is 6.07. The summed E-state index contributed by atoms with van der Waals surface area (Å²) in [5.41, 5.74) is 1.79. The molecule has 0 spiro atoms. The van der Waals surface area contributed by atoms with Crippen LogP contribution in [0.25, 0.3) is 5.65 Å². The van der Waals surface area contributed by atoms with Crippen LogP contribution in [0.4, 0.5) is 0 Å². The first-order valence-electron chi connectivity index (χ1n) is 7.36. The maximum atomic E-state index is 12.9. The van der Waals surface area contributed by atoms with Gasteiger partial charge in [-0.25, -0.2) is 4.98 Å². The van der Waals surface area contributed by atoms with E-state index in [0.717, 1.165) is 32.7 Å². The third-order valence-corrected chi connectivity index (χ3v) is 4.61. The van der Waals surface area contributed by atoms with Crippen LogP contribution in [-0.2, 0) is 0 Å². The Hall–Kier alpha value is -1.30. The zero-order chi connectivity index (χ0) is 15.9. The molecular weight excluding hydrogens is 323 g/mol. The molecule has 3 rings (SSSR count). The molecule has 0 aliphatic carbocycles. The molecule has 0 unspecified atom stereocenters. The van der Waals surface area contributed by atoms with E-state index >= 15 is 0 Å². The van der Waals surface area contributed by atoms with E-state index in [0.29, 0.717) is 27.1 Å². The average Bonchev–Trinajstić information content (AvgIpc) is 2.83. The molecule has 2 aromatic heterocycles. The highest BCUT2D eigenvalue weighted by Gasteiger charge is 2.26. The van der Waals surface area contributed by atoms with Gasteiger partial charge in [0.15, 0.2) is 5.65 Å². The smallest absolute Gasteiger partial charge is 0.272 e. The molecular formula is C15H18Cl2N4O. The minimum Gasteiger partial charge on any atom is -0.335 e. The fraction of sp³-hybridized carbons (Fsp3) is 0.467. The molecule has 22 heavy (non-hydrogen) atoms. The number of fused-ring (bicyclic) bond motifs is 1. The van der Waals surface area contributed by atoms with Crippen LogP contribution in [-0.4, -0.2) is 57.8 Å². The lowest BCUT2D eigenvalue weighted by Gasteiger charge is -2.34. The second-order valence-corrected chi connectivity index (χ2v) is 6.32. The van der Waals surface area contributed by atoms with Crippen LogP contribution in [0, 0.1) is 6.92 Å². The highest BCUT2D eigenvalue weighted by Crippen LogP contribution is 2.25. The van der Waals surface area contributed by atoms with E-state index in [-0.39, 0.29) is 5.91 Å². The standard InChI is InChI=1S/C15H18Cl2N4O/c1-3-19-4-6-20(7-5-19)15(22)13-10(2)18-14-12(17)8-11(16)9-21(13)14/h8-9H,3-7H2,1-2H3. The monoisotopic (exact) mass is 340 g/mol. The van der Waals surface area contributed by atoms with Crippen LogP contribution in [0.15, 0.2) is 12.3 Å². The molecule has 2 aromatic rings. The summed E-state index contributed by atoms with van der Waals surface area (Å²) in [4.78, 5) is 21.5. The van der Waals surface area contributed by atoms with Gasteiger partial charge in [-0.1, -0.05) is 30.1 Å². The van der Waals surface area contributed by atoms with Crippen LogP contribution >= 0.6 is 23.2 Å². The van der Waals surface area contributed by atoms with Gasteiger partial charge in [-0.05, 0) is 19.5 Å². The largest absolute Gasteiger partial charge is 0.335 e. The molecule has 1 fully saturated rings. The molecule has 7 heteroatoms. The van der Waals surface area contributed by atoms with E-state index in [9.17, 15) is 4.79 Å². The Morgan fingerprint density at radius 2 is 1.95 bits per heavy atom. The van der Waals surface area contributed by atoms with Crippen molar-refractivity contribution in [3.8, 4) is 0 Å². The summed E-state index contributed by atoms with van der Waals surface area (Å²) in [6.07, 6.45) is 1.69. The molecule has 1 aliphatic heterocycles. The number of piperazine rings is 1. The summed E-state index contributed by atoms with van der Waals surface area (Å²) in [6.45, 7) is 8.24. The highest BCUT2D eigenvalue weighted by molar-refractivity contribution is 6.36. The number of nitrogens with zero attached hydrogens (tertiary/aromatic N) is 4. The summed E-state index contributed by atoms with van der Waals surface area (Å²) < 4.78 is 1.70. The van der Waals surface area contributed by atoms with Gasteiger partial charge in [-0.15, -0.1) is 0 Å². The maximum Gasteiger partial charge on any atom is 0.272 e. The fourth-order valence-corrected chi connectivity index (χ4v) is 3.37. The number of rotatable bonds is 2. The lowest BCUT2D eigenvalue weighted by Crippen LogP contribution is -2.48. The number of likely N-dealkylation sites (N-methyl/N-ethyl adjacent to an activating group) is 1. The number of imidazole rings is 1. The summed E-state index contributed by atoms with van der Waals surface area (Å²) in [5, 5.41) is 0.935. The van der Waals surface area contributed by atoms with Gasteiger partial charge in [0.05, 0.1) is 15.7 Å². The molecule has 0 aromatic carbocycles. The summed E-state index contributed by atoms with van der Waals surface area (Å²) in [5.74, 6) is -0.0147. The molecule has 1 saturated heterocycles.